The van der Waals surface area contributed by atoms with Gasteiger partial charge in [0.2, 0.25) is 10.0 Å². The van der Waals surface area contributed by atoms with E-state index in [9.17, 15) is 12.8 Å². The van der Waals surface area contributed by atoms with E-state index < -0.39 is 26.8 Å². The average Bonchev–Trinajstić information content (AvgIpc) is 2.92. The van der Waals surface area contributed by atoms with E-state index in [0.717, 1.165) is 12.1 Å². The van der Waals surface area contributed by atoms with Crippen molar-refractivity contribution in [3.05, 3.63) is 30.1 Å². The van der Waals surface area contributed by atoms with E-state index >= 15 is 0 Å². The van der Waals surface area contributed by atoms with Crippen molar-refractivity contribution in [2.24, 2.45) is 7.05 Å². The molecule has 0 aliphatic heterocycles. The van der Waals surface area contributed by atoms with Crippen LogP contribution in [0.5, 0.6) is 11.5 Å². The fourth-order valence-corrected chi connectivity index (χ4v) is 3.35. The zero-order chi connectivity index (χ0) is 17.2. The first-order chi connectivity index (χ1) is 10.8. The highest BCUT2D eigenvalue weighted by molar-refractivity contribution is 7.89. The zero-order valence-electron chi connectivity index (χ0n) is 13.1. The first-order valence-electron chi connectivity index (χ1n) is 6.58. The van der Waals surface area contributed by atoms with Crippen molar-refractivity contribution in [3.63, 3.8) is 0 Å². The average molecular weight is 344 g/mol. The van der Waals surface area contributed by atoms with Gasteiger partial charge < -0.3 is 14.0 Å². The number of nitrogens with zero attached hydrogens (tertiary/aromatic N) is 3. The minimum absolute atomic E-state index is 0.102. The molecule has 1 unspecified atom stereocenters. The third-order valence-corrected chi connectivity index (χ3v) is 4.75. The molecule has 0 radical (unpaired) electrons. The number of aromatic nitrogens is 3. The summed E-state index contributed by atoms with van der Waals surface area (Å²) in [7, 11) is 0.214. The molecular weight excluding hydrogens is 327 g/mol. The first-order valence-corrected chi connectivity index (χ1v) is 8.06. The van der Waals surface area contributed by atoms with Crippen LogP contribution in [0.2, 0.25) is 0 Å². The Hall–Kier alpha value is -2.20. The van der Waals surface area contributed by atoms with Crippen molar-refractivity contribution in [1.29, 1.82) is 0 Å². The highest BCUT2D eigenvalue weighted by atomic mass is 32.2. The summed E-state index contributed by atoms with van der Waals surface area (Å²) in [6, 6.07) is 1.33. The quantitative estimate of drug-likeness (QED) is 0.840. The van der Waals surface area contributed by atoms with E-state index in [1.54, 1.807) is 18.5 Å². The molecule has 0 bridgehead atoms. The molecule has 1 aromatic carbocycles. The van der Waals surface area contributed by atoms with Crippen LogP contribution in [0.3, 0.4) is 0 Å². The molecule has 126 valence electrons. The molecule has 1 N–H and O–H groups in total. The van der Waals surface area contributed by atoms with E-state index in [2.05, 4.69) is 14.9 Å². The van der Waals surface area contributed by atoms with Gasteiger partial charge in [0.15, 0.2) is 11.5 Å². The number of halogens is 1. The summed E-state index contributed by atoms with van der Waals surface area (Å²) < 4.78 is 52.9. The van der Waals surface area contributed by atoms with E-state index in [-0.39, 0.29) is 11.5 Å². The van der Waals surface area contributed by atoms with Crippen molar-refractivity contribution in [3.8, 4) is 11.5 Å². The number of aryl methyl sites for hydroxylation is 1. The minimum Gasteiger partial charge on any atom is -0.493 e. The lowest BCUT2D eigenvalue weighted by Crippen LogP contribution is -2.29. The van der Waals surface area contributed by atoms with Crippen molar-refractivity contribution in [2.75, 3.05) is 14.2 Å². The fourth-order valence-electron chi connectivity index (χ4n) is 2.07. The predicted molar refractivity (Wildman–Crippen MR) is 79.2 cm³/mol. The number of hydrogen-bond donors (Lipinski definition) is 1. The lowest BCUT2D eigenvalue weighted by Gasteiger charge is -2.15. The van der Waals surface area contributed by atoms with Crippen LogP contribution in [-0.4, -0.2) is 37.4 Å². The van der Waals surface area contributed by atoms with Gasteiger partial charge >= 0.3 is 0 Å². The summed E-state index contributed by atoms with van der Waals surface area (Å²) in [5, 5.41) is 7.51. The second kappa shape index (κ2) is 6.50. The summed E-state index contributed by atoms with van der Waals surface area (Å²) in [5.74, 6) is -0.333. The lowest BCUT2D eigenvalue weighted by molar-refractivity contribution is 0.350. The van der Waals surface area contributed by atoms with Gasteiger partial charge in [-0.3, -0.25) is 0 Å². The normalized spacial score (nSPS) is 12.9. The molecule has 0 amide bonds. The molecule has 1 heterocycles. The van der Waals surface area contributed by atoms with Crippen molar-refractivity contribution < 1.29 is 22.3 Å². The monoisotopic (exact) mass is 344 g/mol. The van der Waals surface area contributed by atoms with Crippen LogP contribution in [0.25, 0.3) is 0 Å². The molecule has 0 aliphatic rings. The van der Waals surface area contributed by atoms with Gasteiger partial charge in [-0.25, -0.2) is 17.5 Å². The zero-order valence-corrected chi connectivity index (χ0v) is 13.9. The molecule has 8 nitrogen and oxygen atoms in total. The Morgan fingerprint density at radius 2 is 1.87 bits per heavy atom. The fraction of sp³-hybridized carbons (Fsp3) is 0.385. The number of ether oxygens (including phenoxy) is 2. The van der Waals surface area contributed by atoms with Crippen LogP contribution in [0.4, 0.5) is 4.39 Å². The summed E-state index contributed by atoms with van der Waals surface area (Å²) >= 11 is 0. The van der Waals surface area contributed by atoms with Crippen molar-refractivity contribution >= 4 is 10.0 Å². The van der Waals surface area contributed by atoms with E-state index in [1.165, 1.54) is 20.5 Å². The number of sulfonamides is 1. The van der Waals surface area contributed by atoms with Gasteiger partial charge in [0, 0.05) is 19.2 Å². The van der Waals surface area contributed by atoms with E-state index in [1.807, 2.05) is 0 Å². The van der Waals surface area contributed by atoms with Crippen LogP contribution in [-0.2, 0) is 17.1 Å². The molecule has 1 aromatic heterocycles. The first kappa shape index (κ1) is 17.2. The minimum atomic E-state index is -4.13. The lowest BCUT2D eigenvalue weighted by atomic mass is 10.3. The molecule has 0 fully saturated rings. The Balaban J connectivity index is 2.38. The van der Waals surface area contributed by atoms with Gasteiger partial charge in [0.05, 0.1) is 20.3 Å². The maximum atomic E-state index is 14.1. The van der Waals surface area contributed by atoms with Crippen LogP contribution in [0.15, 0.2) is 23.4 Å². The molecule has 10 heteroatoms. The van der Waals surface area contributed by atoms with Crippen molar-refractivity contribution in [1.82, 2.24) is 19.5 Å². The highest BCUT2D eigenvalue weighted by Crippen LogP contribution is 2.32. The molecule has 2 rings (SSSR count). The molecule has 23 heavy (non-hydrogen) atoms. The van der Waals surface area contributed by atoms with Crippen LogP contribution >= 0.6 is 0 Å². The van der Waals surface area contributed by atoms with E-state index in [4.69, 9.17) is 9.47 Å². The third kappa shape index (κ3) is 3.42. The van der Waals surface area contributed by atoms with Gasteiger partial charge in [-0.1, -0.05) is 0 Å². The van der Waals surface area contributed by atoms with Crippen LogP contribution < -0.4 is 14.2 Å². The van der Waals surface area contributed by atoms with Crippen LogP contribution in [0.1, 0.15) is 18.8 Å². The number of methoxy groups -OCH3 is 2. The van der Waals surface area contributed by atoms with Gasteiger partial charge in [-0.15, -0.1) is 10.2 Å². The van der Waals surface area contributed by atoms with Crippen LogP contribution in [0, 0.1) is 5.82 Å². The van der Waals surface area contributed by atoms with Crippen molar-refractivity contribution in [2.45, 2.75) is 17.9 Å². The molecule has 1 atom stereocenters. The molecular formula is C13H17FN4O4S. The Kier molecular flexibility index (Phi) is 4.85. The largest absolute Gasteiger partial charge is 0.493 e. The van der Waals surface area contributed by atoms with Gasteiger partial charge in [-0.05, 0) is 6.92 Å². The highest BCUT2D eigenvalue weighted by Gasteiger charge is 2.26. The molecule has 0 aliphatic carbocycles. The third-order valence-electron chi connectivity index (χ3n) is 3.19. The predicted octanol–water partition coefficient (Wildman–Crippen LogP) is 1.01. The SMILES string of the molecule is COc1cc(F)c(S(=O)(=O)NC(C)c2nncn2C)cc1OC. The second-order valence-corrected chi connectivity index (χ2v) is 6.46. The van der Waals surface area contributed by atoms with Gasteiger partial charge in [0.25, 0.3) is 0 Å². The standard InChI is InChI=1S/C13H17FN4O4S/c1-8(13-16-15-7-18(13)2)17-23(19,20)12-6-11(22-4)10(21-3)5-9(12)14/h5-8,17H,1-4H3. The molecule has 0 saturated heterocycles. The van der Waals surface area contributed by atoms with E-state index in [0.29, 0.717) is 5.82 Å². The maximum absolute atomic E-state index is 14.1. The number of benzene rings is 1. The number of hydrogen-bond acceptors (Lipinski definition) is 6. The summed E-state index contributed by atoms with van der Waals surface area (Å²) in [4.78, 5) is -0.538. The Morgan fingerprint density at radius 3 is 2.39 bits per heavy atom. The van der Waals surface area contributed by atoms with Gasteiger partial charge in [-0.2, -0.15) is 0 Å². The van der Waals surface area contributed by atoms with Gasteiger partial charge in [0.1, 0.15) is 22.9 Å². The second-order valence-electron chi connectivity index (χ2n) is 4.78. The molecule has 0 saturated carbocycles. The maximum Gasteiger partial charge on any atom is 0.244 e. The molecule has 0 spiro atoms. The number of nitrogens with one attached hydrogen (secondary N) is 1. The Labute approximate surface area is 133 Å². The summed E-state index contributed by atoms with van der Waals surface area (Å²) in [5.41, 5.74) is 0. The molecule has 2 aromatic rings. The Morgan fingerprint density at radius 1 is 1.26 bits per heavy atom. The Bertz CT molecular complexity index is 806. The topological polar surface area (TPSA) is 95.3 Å². The summed E-state index contributed by atoms with van der Waals surface area (Å²) in [6.07, 6.45) is 1.44. The smallest absolute Gasteiger partial charge is 0.244 e. The summed E-state index contributed by atoms with van der Waals surface area (Å²) in [6.45, 7) is 1.58. The number of rotatable bonds is 6.